The quantitative estimate of drug-likeness (QED) is 0.447. The molecule has 1 aliphatic heterocycles. The largest absolute Gasteiger partial charge is 0.506 e. The first kappa shape index (κ1) is 21.5. The van der Waals surface area contributed by atoms with Crippen molar-refractivity contribution < 1.29 is 13.5 Å². The fraction of sp³-hybridized carbons (Fsp3) is 0.304. The average molecular weight is 454 g/mol. The van der Waals surface area contributed by atoms with Crippen molar-refractivity contribution in [1.29, 1.82) is 5.26 Å². The van der Waals surface area contributed by atoms with Gasteiger partial charge in [0, 0.05) is 18.7 Å². The Morgan fingerprint density at radius 1 is 1.13 bits per heavy atom. The van der Waals surface area contributed by atoms with Crippen LogP contribution in [0.4, 0.5) is 0 Å². The summed E-state index contributed by atoms with van der Waals surface area (Å²) in [5, 5.41) is 20.8. The van der Waals surface area contributed by atoms with Crippen LogP contribution in [0, 0.1) is 23.2 Å². The van der Waals surface area contributed by atoms with Crippen LogP contribution >= 0.6 is 11.3 Å². The molecule has 2 aromatic carbocycles. The number of piperidine rings is 1. The number of sulfonamides is 1. The number of benzene rings is 2. The van der Waals surface area contributed by atoms with Crippen molar-refractivity contribution in [3.05, 3.63) is 59.1 Å². The number of thiazole rings is 1. The number of allylic oxidation sites excluding steroid dienone is 1. The summed E-state index contributed by atoms with van der Waals surface area (Å²) in [6.45, 7) is 5.15. The second-order valence-corrected chi connectivity index (χ2v) is 11.1. The van der Waals surface area contributed by atoms with Crippen LogP contribution in [0.15, 0.2) is 53.4 Å². The van der Waals surface area contributed by atoms with Crippen molar-refractivity contribution >= 4 is 42.9 Å². The molecule has 0 amide bonds. The van der Waals surface area contributed by atoms with Crippen LogP contribution < -0.4 is 0 Å². The van der Waals surface area contributed by atoms with Crippen LogP contribution in [0.3, 0.4) is 0 Å². The van der Waals surface area contributed by atoms with Crippen LogP contribution in [-0.4, -0.2) is 35.9 Å². The Bertz CT molecular complexity index is 1240. The number of rotatable bonds is 4. The minimum Gasteiger partial charge on any atom is -0.506 e. The highest BCUT2D eigenvalue weighted by Gasteiger charge is 2.31. The molecule has 6 nitrogen and oxygen atoms in total. The van der Waals surface area contributed by atoms with Crippen LogP contribution in [-0.2, 0) is 10.0 Å². The summed E-state index contributed by atoms with van der Waals surface area (Å²) in [6.07, 6.45) is 1.02. The van der Waals surface area contributed by atoms with Gasteiger partial charge in [0.25, 0.3) is 0 Å². The molecule has 0 radical (unpaired) electrons. The van der Waals surface area contributed by atoms with Crippen molar-refractivity contribution in [3.63, 3.8) is 0 Å². The molecule has 1 N–H and O–H groups in total. The Labute approximate surface area is 186 Å². The summed E-state index contributed by atoms with van der Waals surface area (Å²) in [4.78, 5) is 4.62. The molecule has 1 aliphatic rings. The molecular formula is C23H23N3O3S2. The van der Waals surface area contributed by atoms with Crippen molar-refractivity contribution in [1.82, 2.24) is 9.29 Å². The molecule has 1 fully saturated rings. The number of aliphatic hydroxyl groups is 1. The molecule has 3 aromatic rings. The normalized spacial score (nSPS) is 20.9. The van der Waals surface area contributed by atoms with Crippen molar-refractivity contribution in [2.75, 3.05) is 13.1 Å². The highest BCUT2D eigenvalue weighted by Crippen LogP contribution is 2.32. The molecule has 1 saturated heterocycles. The highest BCUT2D eigenvalue weighted by atomic mass is 32.2. The van der Waals surface area contributed by atoms with Gasteiger partial charge < -0.3 is 5.11 Å². The summed E-state index contributed by atoms with van der Waals surface area (Å²) in [5.74, 6) is 0.416. The second kappa shape index (κ2) is 8.42. The van der Waals surface area contributed by atoms with E-state index >= 15 is 0 Å². The van der Waals surface area contributed by atoms with Gasteiger partial charge in [-0.05, 0) is 54.7 Å². The summed E-state index contributed by atoms with van der Waals surface area (Å²) in [5.41, 5.74) is 1.19. The van der Waals surface area contributed by atoms with Gasteiger partial charge in [-0.15, -0.1) is 11.3 Å². The lowest BCUT2D eigenvalue weighted by atomic mass is 9.94. The molecule has 0 spiro atoms. The van der Waals surface area contributed by atoms with Gasteiger partial charge in [0.15, 0.2) is 0 Å². The molecule has 0 saturated carbocycles. The van der Waals surface area contributed by atoms with E-state index in [1.165, 1.54) is 35.6 Å². The third-order valence-corrected chi connectivity index (χ3v) is 8.36. The maximum absolute atomic E-state index is 13.1. The molecule has 4 rings (SSSR count). The van der Waals surface area contributed by atoms with Gasteiger partial charge in [-0.2, -0.15) is 9.57 Å². The highest BCUT2D eigenvalue weighted by molar-refractivity contribution is 7.89. The van der Waals surface area contributed by atoms with Gasteiger partial charge in [0.2, 0.25) is 10.0 Å². The van der Waals surface area contributed by atoms with Crippen molar-refractivity contribution in [3.8, 4) is 6.07 Å². The second-order valence-electron chi connectivity index (χ2n) is 8.11. The summed E-state index contributed by atoms with van der Waals surface area (Å²) < 4.78 is 28.6. The molecule has 0 bridgehead atoms. The van der Waals surface area contributed by atoms with Gasteiger partial charge in [-0.3, -0.25) is 0 Å². The Kier molecular flexibility index (Phi) is 5.84. The van der Waals surface area contributed by atoms with E-state index in [1.807, 2.05) is 30.3 Å². The number of para-hydroxylation sites is 1. The fourth-order valence-electron chi connectivity index (χ4n) is 4.06. The Morgan fingerprint density at radius 3 is 2.39 bits per heavy atom. The molecule has 8 heteroatoms. The number of hydrogen-bond acceptors (Lipinski definition) is 6. The standard InChI is InChI=1S/C23H23N3O3S2/c1-15-11-16(2)14-26(13-15)31(28,29)18-9-7-17(8-10-18)22(27)19(12-24)23-25-20-5-3-4-6-21(20)30-23/h3-10,15-16,27H,11,13-14H2,1-2H3/t15-,16-/m0/s1. The van der Waals surface area contributed by atoms with Crippen molar-refractivity contribution in [2.45, 2.75) is 25.2 Å². The van der Waals surface area contributed by atoms with Crippen molar-refractivity contribution in [2.24, 2.45) is 11.8 Å². The molecular weight excluding hydrogens is 430 g/mol. The Morgan fingerprint density at radius 2 is 1.77 bits per heavy atom. The lowest BCUT2D eigenvalue weighted by Crippen LogP contribution is -2.42. The fourth-order valence-corrected chi connectivity index (χ4v) is 6.70. The van der Waals surface area contributed by atoms with Gasteiger partial charge in [0.1, 0.15) is 22.4 Å². The van der Waals surface area contributed by atoms with E-state index < -0.39 is 10.0 Å². The minimum atomic E-state index is -3.61. The van der Waals surface area contributed by atoms with Crippen LogP contribution in [0.1, 0.15) is 30.8 Å². The lowest BCUT2D eigenvalue weighted by Gasteiger charge is -2.34. The van der Waals surface area contributed by atoms with E-state index in [-0.39, 0.29) is 16.2 Å². The molecule has 2 atom stereocenters. The smallest absolute Gasteiger partial charge is 0.243 e. The Balaban J connectivity index is 1.65. The zero-order chi connectivity index (χ0) is 22.2. The minimum absolute atomic E-state index is 0.0653. The molecule has 31 heavy (non-hydrogen) atoms. The molecule has 0 unspecified atom stereocenters. The summed E-state index contributed by atoms with van der Waals surface area (Å²) in [7, 11) is -3.61. The lowest BCUT2D eigenvalue weighted by molar-refractivity contribution is 0.222. The molecule has 1 aromatic heterocycles. The van der Waals surface area contributed by atoms with Gasteiger partial charge in [0.05, 0.1) is 15.1 Å². The summed E-state index contributed by atoms with van der Waals surface area (Å²) in [6, 6.07) is 15.6. The van der Waals surface area contributed by atoms with E-state index in [1.54, 1.807) is 4.31 Å². The van der Waals surface area contributed by atoms with E-state index in [4.69, 9.17) is 0 Å². The number of nitrogens with zero attached hydrogens (tertiary/aromatic N) is 3. The average Bonchev–Trinajstić information content (AvgIpc) is 3.17. The predicted octanol–water partition coefficient (Wildman–Crippen LogP) is 4.91. The zero-order valence-electron chi connectivity index (χ0n) is 17.3. The third-order valence-electron chi connectivity index (χ3n) is 5.46. The van der Waals surface area contributed by atoms with E-state index in [0.717, 1.165) is 16.6 Å². The monoisotopic (exact) mass is 453 g/mol. The number of aromatic nitrogens is 1. The third kappa shape index (κ3) is 4.22. The van der Waals surface area contributed by atoms with E-state index in [2.05, 4.69) is 18.8 Å². The number of aliphatic hydroxyl groups excluding tert-OH is 1. The molecule has 160 valence electrons. The first-order chi connectivity index (χ1) is 14.8. The number of nitriles is 1. The maximum atomic E-state index is 13.1. The van der Waals surface area contributed by atoms with E-state index in [0.29, 0.717) is 35.5 Å². The SMILES string of the molecule is C[C@H]1C[C@H](C)CN(S(=O)(=O)c2ccc(C(O)=C(C#N)c3nc4ccccc4s3)cc2)C1. The van der Waals surface area contributed by atoms with Crippen LogP contribution in [0.5, 0.6) is 0 Å². The topological polar surface area (TPSA) is 94.3 Å². The summed E-state index contributed by atoms with van der Waals surface area (Å²) >= 11 is 1.33. The first-order valence-corrected chi connectivity index (χ1v) is 12.3. The Hall–Kier alpha value is -2.73. The number of fused-ring (bicyclic) bond motifs is 1. The van der Waals surface area contributed by atoms with Crippen LogP contribution in [0.2, 0.25) is 0 Å². The molecule has 0 aliphatic carbocycles. The zero-order valence-corrected chi connectivity index (χ0v) is 18.9. The van der Waals surface area contributed by atoms with E-state index in [9.17, 15) is 18.8 Å². The van der Waals surface area contributed by atoms with Gasteiger partial charge >= 0.3 is 0 Å². The van der Waals surface area contributed by atoms with Gasteiger partial charge in [-0.1, -0.05) is 26.0 Å². The molecule has 2 heterocycles. The predicted molar refractivity (Wildman–Crippen MR) is 123 cm³/mol. The first-order valence-electron chi connectivity index (χ1n) is 10.1. The van der Waals surface area contributed by atoms with Gasteiger partial charge in [-0.25, -0.2) is 13.4 Å². The maximum Gasteiger partial charge on any atom is 0.243 e. The number of hydrogen-bond donors (Lipinski definition) is 1. The van der Waals surface area contributed by atoms with Crippen LogP contribution in [0.25, 0.3) is 21.5 Å².